The highest BCUT2D eigenvalue weighted by Gasteiger charge is 2.17. The van der Waals surface area contributed by atoms with Gasteiger partial charge in [0.05, 0.1) is 0 Å². The van der Waals surface area contributed by atoms with Gasteiger partial charge in [-0.1, -0.05) is 30.3 Å². The topological polar surface area (TPSA) is 32.3 Å². The summed E-state index contributed by atoms with van der Waals surface area (Å²) in [7, 11) is 0. The summed E-state index contributed by atoms with van der Waals surface area (Å²) in [6, 6.07) is 19.7. The summed E-state index contributed by atoms with van der Waals surface area (Å²) in [6.07, 6.45) is 1.14. The molecule has 0 fully saturated rings. The molecule has 2 heterocycles. The smallest absolute Gasteiger partial charge is 0.255 e. The van der Waals surface area contributed by atoms with Gasteiger partial charge < -0.3 is 5.32 Å². The lowest BCUT2D eigenvalue weighted by atomic mass is 10.1. The molecule has 0 aliphatic carbocycles. The first kappa shape index (κ1) is 16.1. The van der Waals surface area contributed by atoms with Gasteiger partial charge in [-0.15, -0.1) is 11.3 Å². The van der Waals surface area contributed by atoms with E-state index < -0.39 is 0 Å². The van der Waals surface area contributed by atoms with Gasteiger partial charge in [0.1, 0.15) is 0 Å². The van der Waals surface area contributed by atoms with E-state index in [9.17, 15) is 4.79 Å². The van der Waals surface area contributed by atoms with E-state index in [-0.39, 0.29) is 5.91 Å². The van der Waals surface area contributed by atoms with Crippen molar-refractivity contribution >= 4 is 22.9 Å². The van der Waals surface area contributed by atoms with Crippen molar-refractivity contribution in [3.8, 4) is 0 Å². The van der Waals surface area contributed by atoms with Gasteiger partial charge in [0.25, 0.3) is 5.91 Å². The molecule has 3 nitrogen and oxygen atoms in total. The monoisotopic (exact) mass is 348 g/mol. The molecule has 0 bridgehead atoms. The molecule has 0 spiro atoms. The molecule has 1 aliphatic rings. The molecular formula is C21H20N2OS. The Morgan fingerprint density at radius 2 is 1.84 bits per heavy atom. The highest BCUT2D eigenvalue weighted by Crippen LogP contribution is 2.25. The maximum atomic E-state index is 12.3. The number of anilines is 1. The standard InChI is InChI=1S/C21H20N2OS/c24-21(22-19-4-2-1-3-5-19)17-8-6-16(7-9-17)14-23-12-10-20-18(15-23)11-13-25-20/h1-9,11,13H,10,12,14-15H2,(H,22,24). The number of carbonyl (C=O) groups excluding carboxylic acids is 1. The molecule has 0 radical (unpaired) electrons. The SMILES string of the molecule is O=C(Nc1ccccc1)c1ccc(CN2CCc3sccc3C2)cc1. The number of hydrogen-bond acceptors (Lipinski definition) is 3. The van der Waals surface area contributed by atoms with Crippen molar-refractivity contribution in [2.24, 2.45) is 0 Å². The third kappa shape index (κ3) is 3.81. The zero-order valence-electron chi connectivity index (χ0n) is 13.9. The van der Waals surface area contributed by atoms with E-state index in [0.717, 1.165) is 31.7 Å². The van der Waals surface area contributed by atoms with Crippen LogP contribution in [0.25, 0.3) is 0 Å². The third-order valence-electron chi connectivity index (χ3n) is 4.54. The van der Waals surface area contributed by atoms with Crippen molar-refractivity contribution in [1.29, 1.82) is 0 Å². The van der Waals surface area contributed by atoms with Crippen LogP contribution in [0.1, 0.15) is 26.4 Å². The quantitative estimate of drug-likeness (QED) is 0.750. The Morgan fingerprint density at radius 1 is 1.04 bits per heavy atom. The number of nitrogens with one attached hydrogen (secondary N) is 1. The largest absolute Gasteiger partial charge is 0.322 e. The predicted octanol–water partition coefficient (Wildman–Crippen LogP) is 4.56. The van der Waals surface area contributed by atoms with Gasteiger partial charge in [-0.2, -0.15) is 0 Å². The minimum absolute atomic E-state index is 0.0707. The van der Waals surface area contributed by atoms with Crippen molar-refractivity contribution in [3.63, 3.8) is 0 Å². The van der Waals surface area contributed by atoms with Gasteiger partial charge in [-0.3, -0.25) is 9.69 Å². The number of benzene rings is 2. The lowest BCUT2D eigenvalue weighted by Crippen LogP contribution is -2.29. The number of thiophene rings is 1. The first-order chi connectivity index (χ1) is 12.3. The lowest BCUT2D eigenvalue weighted by Gasteiger charge is -2.26. The summed E-state index contributed by atoms with van der Waals surface area (Å²) >= 11 is 1.87. The van der Waals surface area contributed by atoms with E-state index in [1.807, 2.05) is 53.8 Å². The van der Waals surface area contributed by atoms with Gasteiger partial charge in [0.15, 0.2) is 0 Å². The van der Waals surface area contributed by atoms with Crippen LogP contribution in [0.4, 0.5) is 5.69 Å². The second-order valence-corrected chi connectivity index (χ2v) is 7.35. The molecule has 0 saturated carbocycles. The molecule has 3 aromatic rings. The van der Waals surface area contributed by atoms with Crippen LogP contribution in [0.3, 0.4) is 0 Å². The number of carbonyl (C=O) groups is 1. The van der Waals surface area contributed by atoms with Gasteiger partial charge in [0.2, 0.25) is 0 Å². The Hall–Kier alpha value is -2.43. The number of hydrogen-bond donors (Lipinski definition) is 1. The molecule has 1 amide bonds. The average molecular weight is 348 g/mol. The number of fused-ring (bicyclic) bond motifs is 1. The highest BCUT2D eigenvalue weighted by molar-refractivity contribution is 7.10. The highest BCUT2D eigenvalue weighted by atomic mass is 32.1. The minimum Gasteiger partial charge on any atom is -0.322 e. The van der Waals surface area contributed by atoms with E-state index in [4.69, 9.17) is 0 Å². The van der Waals surface area contributed by atoms with Crippen molar-refractivity contribution in [3.05, 3.63) is 87.6 Å². The zero-order chi connectivity index (χ0) is 17.1. The third-order valence-corrected chi connectivity index (χ3v) is 5.56. The van der Waals surface area contributed by atoms with Gasteiger partial charge in [0, 0.05) is 35.8 Å². The number of amides is 1. The van der Waals surface area contributed by atoms with E-state index in [1.54, 1.807) is 0 Å². The molecule has 0 saturated heterocycles. The van der Waals surface area contributed by atoms with E-state index >= 15 is 0 Å². The van der Waals surface area contributed by atoms with Gasteiger partial charge in [-0.05, 0) is 53.3 Å². The molecule has 0 unspecified atom stereocenters. The summed E-state index contributed by atoms with van der Waals surface area (Å²) in [5.41, 5.74) is 4.22. The summed E-state index contributed by atoms with van der Waals surface area (Å²) in [4.78, 5) is 16.3. The second-order valence-electron chi connectivity index (χ2n) is 6.35. The van der Waals surface area contributed by atoms with Crippen LogP contribution in [-0.2, 0) is 19.5 Å². The molecule has 4 heteroatoms. The van der Waals surface area contributed by atoms with Crippen molar-refractivity contribution in [1.82, 2.24) is 4.90 Å². The molecule has 0 atom stereocenters. The Labute approximate surface area is 151 Å². The molecule has 4 rings (SSSR count). The predicted molar refractivity (Wildman–Crippen MR) is 103 cm³/mol. The fourth-order valence-electron chi connectivity index (χ4n) is 3.19. The van der Waals surface area contributed by atoms with E-state index in [0.29, 0.717) is 5.56 Å². The maximum absolute atomic E-state index is 12.3. The Balaban J connectivity index is 1.38. The first-order valence-electron chi connectivity index (χ1n) is 8.51. The van der Waals surface area contributed by atoms with Gasteiger partial charge >= 0.3 is 0 Å². The van der Waals surface area contributed by atoms with E-state index in [1.165, 1.54) is 16.0 Å². The summed E-state index contributed by atoms with van der Waals surface area (Å²) in [5, 5.41) is 5.11. The van der Waals surface area contributed by atoms with Crippen LogP contribution in [0.15, 0.2) is 66.0 Å². The van der Waals surface area contributed by atoms with Crippen LogP contribution in [0.5, 0.6) is 0 Å². The number of rotatable bonds is 4. The molecular weight excluding hydrogens is 328 g/mol. The van der Waals surface area contributed by atoms with Gasteiger partial charge in [-0.25, -0.2) is 0 Å². The fourth-order valence-corrected chi connectivity index (χ4v) is 4.08. The van der Waals surface area contributed by atoms with Crippen LogP contribution in [0.2, 0.25) is 0 Å². The van der Waals surface area contributed by atoms with Crippen molar-refractivity contribution < 1.29 is 4.79 Å². The minimum atomic E-state index is -0.0707. The first-order valence-corrected chi connectivity index (χ1v) is 9.39. The normalized spacial score (nSPS) is 14.1. The summed E-state index contributed by atoms with van der Waals surface area (Å²) in [5.74, 6) is -0.0707. The Kier molecular flexibility index (Phi) is 4.63. The lowest BCUT2D eigenvalue weighted by molar-refractivity contribution is 0.102. The Morgan fingerprint density at radius 3 is 2.64 bits per heavy atom. The molecule has 1 aliphatic heterocycles. The molecule has 1 N–H and O–H groups in total. The second kappa shape index (κ2) is 7.21. The fraction of sp³-hybridized carbons (Fsp3) is 0.190. The van der Waals surface area contributed by atoms with Crippen molar-refractivity contribution in [2.45, 2.75) is 19.5 Å². The Bertz CT molecular complexity index is 855. The average Bonchev–Trinajstić information content (AvgIpc) is 3.11. The maximum Gasteiger partial charge on any atom is 0.255 e. The van der Waals surface area contributed by atoms with Crippen molar-refractivity contribution in [2.75, 3.05) is 11.9 Å². The van der Waals surface area contributed by atoms with E-state index in [2.05, 4.69) is 33.8 Å². The van der Waals surface area contributed by atoms with Crippen LogP contribution in [0, 0.1) is 0 Å². The molecule has 1 aromatic heterocycles. The number of para-hydroxylation sites is 1. The van der Waals surface area contributed by atoms with Crippen LogP contribution >= 0.6 is 11.3 Å². The molecule has 25 heavy (non-hydrogen) atoms. The van der Waals surface area contributed by atoms with Crippen LogP contribution in [-0.4, -0.2) is 17.4 Å². The van der Waals surface area contributed by atoms with Crippen LogP contribution < -0.4 is 5.32 Å². The number of nitrogens with zero attached hydrogens (tertiary/aromatic N) is 1. The zero-order valence-corrected chi connectivity index (χ0v) is 14.8. The summed E-state index contributed by atoms with van der Waals surface area (Å²) in [6.45, 7) is 3.05. The summed E-state index contributed by atoms with van der Waals surface area (Å²) < 4.78 is 0. The molecule has 126 valence electrons. The molecule has 2 aromatic carbocycles.